The van der Waals surface area contributed by atoms with Gasteiger partial charge in [0.25, 0.3) is 0 Å². The quantitative estimate of drug-likeness (QED) is 0.658. The van der Waals surface area contributed by atoms with Crippen LogP contribution >= 0.6 is 15.9 Å². The van der Waals surface area contributed by atoms with E-state index in [0.29, 0.717) is 18.0 Å². The minimum absolute atomic E-state index is 0.0862. The van der Waals surface area contributed by atoms with Crippen molar-refractivity contribution in [2.45, 2.75) is 56.2 Å². The van der Waals surface area contributed by atoms with Crippen LogP contribution < -0.4 is 0 Å². The third-order valence-corrected chi connectivity index (χ3v) is 4.73. The average Bonchev–Trinajstić information content (AvgIpc) is 2.48. The van der Waals surface area contributed by atoms with Gasteiger partial charge in [0, 0.05) is 16.9 Å². The lowest BCUT2D eigenvalue weighted by molar-refractivity contribution is 0.115. The summed E-state index contributed by atoms with van der Waals surface area (Å²) in [5.41, 5.74) is 0. The molecule has 1 nitrogen and oxygen atoms in total. The van der Waals surface area contributed by atoms with Gasteiger partial charge in [-0.05, 0) is 45.6 Å². The summed E-state index contributed by atoms with van der Waals surface area (Å²) < 4.78 is 13.5. The second kappa shape index (κ2) is 4.09. The first-order valence-corrected chi connectivity index (χ1v) is 6.55. The monoisotopic (exact) mass is 263 g/mol. The van der Waals surface area contributed by atoms with Gasteiger partial charge in [-0.3, -0.25) is 4.90 Å². The lowest BCUT2D eigenvalue weighted by Crippen LogP contribution is -2.44. The number of halogens is 2. The van der Waals surface area contributed by atoms with Crippen molar-refractivity contribution < 1.29 is 4.39 Å². The van der Waals surface area contributed by atoms with Crippen LogP contribution in [0.15, 0.2) is 0 Å². The molecule has 2 rings (SSSR count). The van der Waals surface area contributed by atoms with Crippen molar-refractivity contribution in [3.8, 4) is 0 Å². The van der Waals surface area contributed by atoms with Gasteiger partial charge in [-0.1, -0.05) is 15.9 Å². The molecule has 0 spiro atoms. The minimum Gasteiger partial charge on any atom is -0.298 e. The van der Waals surface area contributed by atoms with Gasteiger partial charge < -0.3 is 0 Å². The van der Waals surface area contributed by atoms with Gasteiger partial charge >= 0.3 is 0 Å². The van der Waals surface area contributed by atoms with Crippen molar-refractivity contribution in [2.24, 2.45) is 5.92 Å². The lowest BCUT2D eigenvalue weighted by atomic mass is 9.84. The maximum absolute atomic E-state index is 13.5. The van der Waals surface area contributed by atoms with Gasteiger partial charge in [0.05, 0.1) is 0 Å². The topological polar surface area (TPSA) is 3.24 Å². The first kappa shape index (κ1) is 10.9. The van der Waals surface area contributed by atoms with Crippen LogP contribution in [-0.2, 0) is 0 Å². The summed E-state index contributed by atoms with van der Waals surface area (Å²) in [6.07, 6.45) is 2.33. The molecule has 14 heavy (non-hydrogen) atoms. The van der Waals surface area contributed by atoms with E-state index in [-0.39, 0.29) is 4.83 Å². The molecule has 2 aliphatic rings. The normalized spacial score (nSPS) is 44.4. The van der Waals surface area contributed by atoms with Crippen molar-refractivity contribution in [2.75, 3.05) is 6.54 Å². The third-order valence-electron chi connectivity index (χ3n) is 3.78. The fourth-order valence-corrected chi connectivity index (χ4v) is 3.60. The number of alkyl halides is 2. The molecular weight excluding hydrogens is 245 g/mol. The molecule has 4 atom stereocenters. The molecule has 2 fully saturated rings. The van der Waals surface area contributed by atoms with Gasteiger partial charge in [-0.25, -0.2) is 4.39 Å². The van der Waals surface area contributed by atoms with E-state index >= 15 is 0 Å². The molecule has 1 saturated carbocycles. The van der Waals surface area contributed by atoms with Crippen LogP contribution in [0.2, 0.25) is 0 Å². The van der Waals surface area contributed by atoms with Crippen LogP contribution in [0.5, 0.6) is 0 Å². The van der Waals surface area contributed by atoms with Crippen LogP contribution in [-0.4, -0.2) is 34.5 Å². The van der Waals surface area contributed by atoms with Crippen molar-refractivity contribution in [1.29, 1.82) is 0 Å². The van der Waals surface area contributed by atoms with E-state index in [1.54, 1.807) is 0 Å². The maximum Gasteiger partial charge on any atom is 0.113 e. The molecule has 0 aromatic carbocycles. The van der Waals surface area contributed by atoms with E-state index in [4.69, 9.17) is 0 Å². The molecule has 0 radical (unpaired) electrons. The SMILES string of the molecule is CC(C)N1CCC2CC(F)C(Br)CC21. The molecule has 3 heteroatoms. The van der Waals surface area contributed by atoms with Gasteiger partial charge in [0.1, 0.15) is 6.17 Å². The Morgan fingerprint density at radius 1 is 1.36 bits per heavy atom. The molecule has 0 aromatic heterocycles. The van der Waals surface area contributed by atoms with Gasteiger partial charge in [0.15, 0.2) is 0 Å². The molecule has 82 valence electrons. The van der Waals surface area contributed by atoms with Crippen LogP contribution in [0.25, 0.3) is 0 Å². The van der Waals surface area contributed by atoms with E-state index in [1.807, 2.05) is 0 Å². The van der Waals surface area contributed by atoms with Crippen LogP contribution in [0, 0.1) is 5.92 Å². The minimum atomic E-state index is -0.622. The summed E-state index contributed by atoms with van der Waals surface area (Å²) in [5, 5.41) is 0. The molecule has 1 heterocycles. The Morgan fingerprint density at radius 2 is 2.07 bits per heavy atom. The zero-order valence-corrected chi connectivity index (χ0v) is 10.5. The third kappa shape index (κ3) is 1.85. The van der Waals surface area contributed by atoms with Crippen molar-refractivity contribution in [1.82, 2.24) is 4.90 Å². The number of fused-ring (bicyclic) bond motifs is 1. The number of hydrogen-bond acceptors (Lipinski definition) is 1. The highest BCUT2D eigenvalue weighted by atomic mass is 79.9. The van der Waals surface area contributed by atoms with Gasteiger partial charge in [-0.2, -0.15) is 0 Å². The molecule has 1 aliphatic heterocycles. The van der Waals surface area contributed by atoms with Crippen molar-refractivity contribution in [3.05, 3.63) is 0 Å². The summed E-state index contributed by atoms with van der Waals surface area (Å²) >= 11 is 3.47. The Hall–Kier alpha value is 0.370. The highest BCUT2D eigenvalue weighted by molar-refractivity contribution is 9.09. The molecule has 0 bridgehead atoms. The molecule has 0 amide bonds. The zero-order valence-electron chi connectivity index (χ0n) is 8.92. The van der Waals surface area contributed by atoms with Crippen molar-refractivity contribution in [3.63, 3.8) is 0 Å². The van der Waals surface area contributed by atoms with E-state index in [2.05, 4.69) is 34.7 Å². The summed E-state index contributed by atoms with van der Waals surface area (Å²) in [6, 6.07) is 1.24. The average molecular weight is 264 g/mol. The first-order valence-electron chi connectivity index (χ1n) is 5.63. The van der Waals surface area contributed by atoms with Crippen LogP contribution in [0.4, 0.5) is 4.39 Å². The first-order chi connectivity index (χ1) is 6.59. The molecular formula is C11H19BrFN. The van der Waals surface area contributed by atoms with Crippen LogP contribution in [0.3, 0.4) is 0 Å². The Balaban J connectivity index is 2.05. The van der Waals surface area contributed by atoms with Gasteiger partial charge in [0.2, 0.25) is 0 Å². The maximum atomic E-state index is 13.5. The lowest BCUT2D eigenvalue weighted by Gasteiger charge is -2.37. The van der Waals surface area contributed by atoms with Crippen LogP contribution in [0.1, 0.15) is 33.1 Å². The number of nitrogens with zero attached hydrogens (tertiary/aromatic N) is 1. The summed E-state index contributed by atoms with van der Waals surface area (Å²) in [4.78, 5) is 2.63. The molecule has 0 N–H and O–H groups in total. The number of rotatable bonds is 1. The molecule has 4 unspecified atom stereocenters. The Labute approximate surface area is 94.2 Å². The highest BCUT2D eigenvalue weighted by Gasteiger charge is 2.43. The molecule has 0 aromatic rings. The van der Waals surface area contributed by atoms with Crippen molar-refractivity contribution >= 4 is 15.9 Å². The van der Waals surface area contributed by atoms with E-state index < -0.39 is 6.17 Å². The Morgan fingerprint density at radius 3 is 2.71 bits per heavy atom. The highest BCUT2D eigenvalue weighted by Crippen LogP contribution is 2.40. The molecule has 1 saturated heterocycles. The summed E-state index contributed by atoms with van der Waals surface area (Å²) in [6.45, 7) is 5.65. The van der Waals surface area contributed by atoms with E-state index in [9.17, 15) is 4.39 Å². The zero-order chi connectivity index (χ0) is 10.3. The van der Waals surface area contributed by atoms with E-state index in [0.717, 1.165) is 12.8 Å². The fraction of sp³-hybridized carbons (Fsp3) is 1.00. The predicted molar refractivity (Wildman–Crippen MR) is 60.6 cm³/mol. The number of hydrogen-bond donors (Lipinski definition) is 0. The summed E-state index contributed by atoms with van der Waals surface area (Å²) in [5.74, 6) is 0.612. The second-order valence-corrected chi connectivity index (χ2v) is 6.13. The fourth-order valence-electron chi connectivity index (χ4n) is 3.00. The van der Waals surface area contributed by atoms with E-state index in [1.165, 1.54) is 13.0 Å². The second-order valence-electron chi connectivity index (χ2n) is 4.95. The standard InChI is InChI=1S/C11H19BrFN/c1-7(2)14-4-3-8-5-10(13)9(12)6-11(8)14/h7-11H,3-6H2,1-2H3. The Kier molecular flexibility index (Phi) is 3.18. The predicted octanol–water partition coefficient (Wildman–Crippen LogP) is 2.98. The smallest absolute Gasteiger partial charge is 0.113 e. The number of likely N-dealkylation sites (tertiary alicyclic amines) is 1. The summed E-state index contributed by atoms with van der Waals surface area (Å²) in [7, 11) is 0. The Bertz CT molecular complexity index is 209. The largest absolute Gasteiger partial charge is 0.298 e. The van der Waals surface area contributed by atoms with Gasteiger partial charge in [-0.15, -0.1) is 0 Å². The molecule has 1 aliphatic carbocycles.